The van der Waals surface area contributed by atoms with Crippen LogP contribution < -0.4 is 11.1 Å². The van der Waals surface area contributed by atoms with Gasteiger partial charge in [-0.15, -0.1) is 0 Å². The Labute approximate surface area is 184 Å². The number of carbonyl (C=O) groups excluding carboxylic acids is 2. The van der Waals surface area contributed by atoms with Crippen LogP contribution in [-0.4, -0.2) is 43.4 Å². The molecule has 0 spiro atoms. The van der Waals surface area contributed by atoms with Gasteiger partial charge in [0.25, 0.3) is 0 Å². The van der Waals surface area contributed by atoms with Gasteiger partial charge in [0.05, 0.1) is 0 Å². The first-order chi connectivity index (χ1) is 14.2. The van der Waals surface area contributed by atoms with Gasteiger partial charge in [-0.1, -0.05) is 61.8 Å². The molecule has 2 atom stereocenters. The van der Waals surface area contributed by atoms with Gasteiger partial charge in [-0.05, 0) is 55.6 Å². The molecule has 0 aromatic heterocycles. The second-order valence-electron chi connectivity index (χ2n) is 8.26. The quantitative estimate of drug-likeness (QED) is 0.602. The van der Waals surface area contributed by atoms with Gasteiger partial charge in [-0.3, -0.25) is 9.59 Å². The predicted octanol–water partition coefficient (Wildman–Crippen LogP) is 3.86. The molecule has 0 aliphatic heterocycles. The zero-order valence-electron chi connectivity index (χ0n) is 18.2. The number of hydrogen-bond acceptors (Lipinski definition) is 3. The number of nitrogens with two attached hydrogens (primary N) is 1. The molecule has 2 rings (SSSR count). The number of likely N-dealkylation sites (N-methyl/N-ethyl adjacent to an activating group) is 1. The van der Waals surface area contributed by atoms with Crippen molar-refractivity contribution in [3.8, 4) is 0 Å². The summed E-state index contributed by atoms with van der Waals surface area (Å²) in [4.78, 5) is 26.1. The van der Waals surface area contributed by atoms with Crippen molar-refractivity contribution in [1.29, 1.82) is 0 Å². The first-order valence-corrected chi connectivity index (χ1v) is 10.6. The zero-order chi connectivity index (χ0) is 22.3. The maximum atomic E-state index is 12.7. The minimum absolute atomic E-state index is 0.0413. The number of nitrogens with zero attached hydrogens (tertiary/aromatic N) is 1. The van der Waals surface area contributed by atoms with E-state index in [-0.39, 0.29) is 17.9 Å². The monoisotopic (exact) mass is 429 g/mol. The predicted molar refractivity (Wildman–Crippen MR) is 123 cm³/mol. The van der Waals surface area contributed by atoms with Gasteiger partial charge < -0.3 is 16.0 Å². The molecule has 0 aliphatic carbocycles. The van der Waals surface area contributed by atoms with Gasteiger partial charge in [0.2, 0.25) is 11.8 Å². The van der Waals surface area contributed by atoms with Crippen molar-refractivity contribution in [2.45, 2.75) is 38.6 Å². The van der Waals surface area contributed by atoms with Crippen LogP contribution in [0.5, 0.6) is 0 Å². The highest BCUT2D eigenvalue weighted by Gasteiger charge is 2.21. The number of primary amides is 1. The van der Waals surface area contributed by atoms with Crippen LogP contribution in [0.1, 0.15) is 47.7 Å². The molecule has 2 aromatic rings. The minimum atomic E-state index is -0.502. The van der Waals surface area contributed by atoms with E-state index in [4.69, 9.17) is 17.3 Å². The SMILES string of the molecule is CC(C)[C@H](CC(=O)NC[C@H](Cc1ccc(C(N)=O)cc1Cl)N(C)C)c1ccccc1. The lowest BCUT2D eigenvalue weighted by molar-refractivity contribution is -0.121. The zero-order valence-corrected chi connectivity index (χ0v) is 18.9. The van der Waals surface area contributed by atoms with Gasteiger partial charge in [0.15, 0.2) is 0 Å². The third-order valence-electron chi connectivity index (χ3n) is 5.50. The van der Waals surface area contributed by atoms with Crippen molar-refractivity contribution in [3.63, 3.8) is 0 Å². The summed E-state index contributed by atoms with van der Waals surface area (Å²) in [6, 6.07) is 15.3. The van der Waals surface area contributed by atoms with Crippen LogP contribution in [0.2, 0.25) is 5.02 Å². The maximum Gasteiger partial charge on any atom is 0.248 e. The van der Waals surface area contributed by atoms with E-state index >= 15 is 0 Å². The van der Waals surface area contributed by atoms with Crippen molar-refractivity contribution in [2.24, 2.45) is 11.7 Å². The Morgan fingerprint density at radius 2 is 1.77 bits per heavy atom. The van der Waals surface area contributed by atoms with Crippen molar-refractivity contribution in [1.82, 2.24) is 10.2 Å². The minimum Gasteiger partial charge on any atom is -0.366 e. The van der Waals surface area contributed by atoms with Crippen molar-refractivity contribution >= 4 is 23.4 Å². The van der Waals surface area contributed by atoms with Gasteiger partial charge >= 0.3 is 0 Å². The highest BCUT2D eigenvalue weighted by atomic mass is 35.5. The lowest BCUT2D eigenvalue weighted by Crippen LogP contribution is -2.42. The average molecular weight is 430 g/mol. The average Bonchev–Trinajstić information content (AvgIpc) is 2.70. The number of amides is 2. The van der Waals surface area contributed by atoms with E-state index in [1.54, 1.807) is 12.1 Å². The molecular formula is C24H32ClN3O2. The second-order valence-corrected chi connectivity index (χ2v) is 8.67. The van der Waals surface area contributed by atoms with E-state index in [0.29, 0.717) is 35.9 Å². The van der Waals surface area contributed by atoms with Gasteiger partial charge in [-0.25, -0.2) is 0 Å². The Balaban J connectivity index is 2.00. The first-order valence-electron chi connectivity index (χ1n) is 10.2. The molecule has 0 unspecified atom stereocenters. The Morgan fingerprint density at radius 3 is 2.30 bits per heavy atom. The molecule has 162 valence electrons. The number of hydrogen-bond donors (Lipinski definition) is 2. The summed E-state index contributed by atoms with van der Waals surface area (Å²) in [7, 11) is 3.95. The summed E-state index contributed by atoms with van der Waals surface area (Å²) in [5.41, 5.74) is 7.80. The standard InChI is InChI=1S/C24H32ClN3O2/c1-16(2)21(17-8-6-5-7-9-17)14-23(29)27-15-20(28(3)4)12-18-10-11-19(24(26)30)13-22(18)25/h5-11,13,16,20-21H,12,14-15H2,1-4H3,(H2,26,30)(H,27,29)/t20-,21-/m0/s1. The Morgan fingerprint density at radius 1 is 1.10 bits per heavy atom. The van der Waals surface area contributed by atoms with Crippen LogP contribution in [0.3, 0.4) is 0 Å². The molecule has 0 saturated heterocycles. The Bertz CT molecular complexity index is 853. The van der Waals surface area contributed by atoms with E-state index in [1.165, 1.54) is 5.56 Å². The maximum absolute atomic E-state index is 12.7. The fraction of sp³-hybridized carbons (Fsp3) is 0.417. The Kier molecular flexibility index (Phi) is 8.88. The van der Waals surface area contributed by atoms with Crippen LogP contribution in [0, 0.1) is 5.92 Å². The second kappa shape index (κ2) is 11.1. The van der Waals surface area contributed by atoms with E-state index in [0.717, 1.165) is 5.56 Å². The fourth-order valence-electron chi connectivity index (χ4n) is 3.50. The number of nitrogens with one attached hydrogen (secondary N) is 1. The summed E-state index contributed by atoms with van der Waals surface area (Å²) < 4.78 is 0. The summed E-state index contributed by atoms with van der Waals surface area (Å²) >= 11 is 6.34. The first kappa shape index (κ1) is 23.9. The molecule has 3 N–H and O–H groups in total. The third-order valence-corrected chi connectivity index (χ3v) is 5.85. The molecule has 2 aromatic carbocycles. The van der Waals surface area contributed by atoms with Crippen LogP contribution in [0.15, 0.2) is 48.5 Å². The van der Waals surface area contributed by atoms with Gasteiger partial charge in [-0.2, -0.15) is 0 Å². The smallest absolute Gasteiger partial charge is 0.248 e. The molecule has 0 heterocycles. The van der Waals surface area contributed by atoms with E-state index in [9.17, 15) is 9.59 Å². The molecule has 30 heavy (non-hydrogen) atoms. The normalized spacial score (nSPS) is 13.3. The third kappa shape index (κ3) is 6.85. The van der Waals surface area contributed by atoms with Crippen molar-refractivity contribution in [3.05, 3.63) is 70.2 Å². The number of rotatable bonds is 10. The number of halogens is 1. The summed E-state index contributed by atoms with van der Waals surface area (Å²) in [6.07, 6.45) is 1.10. The molecule has 6 heteroatoms. The number of benzene rings is 2. The van der Waals surface area contributed by atoms with Gasteiger partial charge in [0, 0.05) is 29.6 Å². The summed E-state index contributed by atoms with van der Waals surface area (Å²) in [5, 5.41) is 3.60. The van der Waals surface area contributed by atoms with Crippen LogP contribution in [0.4, 0.5) is 0 Å². The molecule has 0 radical (unpaired) electrons. The molecule has 0 saturated carbocycles. The fourth-order valence-corrected chi connectivity index (χ4v) is 3.76. The van der Waals surface area contributed by atoms with Crippen LogP contribution in [-0.2, 0) is 11.2 Å². The Hall–Kier alpha value is -2.37. The summed E-state index contributed by atoms with van der Waals surface area (Å²) in [6.45, 7) is 4.80. The lowest BCUT2D eigenvalue weighted by atomic mass is 9.85. The molecule has 2 amide bonds. The van der Waals surface area contributed by atoms with E-state index in [1.807, 2.05) is 38.4 Å². The van der Waals surface area contributed by atoms with E-state index in [2.05, 4.69) is 36.2 Å². The van der Waals surface area contributed by atoms with Crippen molar-refractivity contribution < 1.29 is 9.59 Å². The molecule has 0 aliphatic rings. The van der Waals surface area contributed by atoms with Gasteiger partial charge in [0.1, 0.15) is 0 Å². The van der Waals surface area contributed by atoms with Crippen LogP contribution in [0.25, 0.3) is 0 Å². The molecular weight excluding hydrogens is 398 g/mol. The highest BCUT2D eigenvalue weighted by molar-refractivity contribution is 6.31. The highest BCUT2D eigenvalue weighted by Crippen LogP contribution is 2.27. The largest absolute Gasteiger partial charge is 0.366 e. The number of carbonyl (C=O) groups is 2. The molecule has 0 bridgehead atoms. The summed E-state index contributed by atoms with van der Waals surface area (Å²) in [5.74, 6) is 0.0859. The van der Waals surface area contributed by atoms with E-state index < -0.39 is 5.91 Å². The molecule has 0 fully saturated rings. The van der Waals surface area contributed by atoms with Crippen LogP contribution >= 0.6 is 11.6 Å². The van der Waals surface area contributed by atoms with Crippen molar-refractivity contribution in [2.75, 3.05) is 20.6 Å². The topological polar surface area (TPSA) is 75.4 Å². The molecule has 5 nitrogen and oxygen atoms in total. The lowest BCUT2D eigenvalue weighted by Gasteiger charge is -2.26.